The Morgan fingerprint density at radius 3 is 2.85 bits per heavy atom. The van der Waals surface area contributed by atoms with E-state index in [4.69, 9.17) is 11.6 Å². The normalized spacial score (nSPS) is 10.5. The van der Waals surface area contributed by atoms with Crippen LogP contribution < -0.4 is 5.32 Å². The van der Waals surface area contributed by atoms with E-state index < -0.39 is 0 Å². The third-order valence-corrected chi connectivity index (χ3v) is 1.80. The maximum atomic E-state index is 5.77. The Balaban J connectivity index is 2.37. The van der Waals surface area contributed by atoms with Crippen LogP contribution >= 0.6 is 11.6 Å². The van der Waals surface area contributed by atoms with E-state index in [0.717, 1.165) is 18.8 Å². The highest BCUT2D eigenvalue weighted by Gasteiger charge is 1.94. The molecular formula is C9H14ClN3. The predicted octanol–water partition coefficient (Wildman–Crippen LogP) is 1.71. The lowest BCUT2D eigenvalue weighted by atomic mass is 10.4. The van der Waals surface area contributed by atoms with Crippen LogP contribution in [-0.4, -0.2) is 37.1 Å². The molecule has 0 bridgehead atoms. The fourth-order valence-corrected chi connectivity index (χ4v) is 1.11. The Morgan fingerprint density at radius 2 is 2.23 bits per heavy atom. The van der Waals surface area contributed by atoms with E-state index in [1.165, 1.54) is 0 Å². The Labute approximate surface area is 83.7 Å². The molecule has 3 nitrogen and oxygen atoms in total. The average Bonchev–Trinajstić information content (AvgIpc) is 2.03. The molecule has 13 heavy (non-hydrogen) atoms. The van der Waals surface area contributed by atoms with E-state index in [2.05, 4.69) is 15.2 Å². The van der Waals surface area contributed by atoms with Gasteiger partial charge in [0.25, 0.3) is 0 Å². The second-order valence-corrected chi connectivity index (χ2v) is 3.56. The molecule has 0 saturated carbocycles. The standard InChI is InChI=1S/C9H14ClN3/c1-13(2)4-3-12-9-5-8(10)6-11-7-9/h5-7,12H,3-4H2,1-2H3. The van der Waals surface area contributed by atoms with E-state index in [-0.39, 0.29) is 0 Å². The van der Waals surface area contributed by atoms with Crippen molar-refractivity contribution in [1.82, 2.24) is 9.88 Å². The fourth-order valence-electron chi connectivity index (χ4n) is 0.932. The van der Waals surface area contributed by atoms with Crippen LogP contribution in [0.15, 0.2) is 18.5 Å². The van der Waals surface area contributed by atoms with Gasteiger partial charge >= 0.3 is 0 Å². The number of anilines is 1. The number of halogens is 1. The molecule has 0 unspecified atom stereocenters. The average molecular weight is 200 g/mol. The van der Waals surface area contributed by atoms with Crippen LogP contribution in [0.1, 0.15) is 0 Å². The molecule has 1 N–H and O–H groups in total. The summed E-state index contributed by atoms with van der Waals surface area (Å²) in [6.45, 7) is 1.89. The molecule has 0 saturated heterocycles. The van der Waals surface area contributed by atoms with Crippen LogP contribution in [-0.2, 0) is 0 Å². The molecule has 1 aromatic rings. The first-order chi connectivity index (χ1) is 6.18. The lowest BCUT2D eigenvalue weighted by Gasteiger charge is -2.10. The van der Waals surface area contributed by atoms with E-state index in [0.29, 0.717) is 5.02 Å². The van der Waals surface area contributed by atoms with Crippen molar-refractivity contribution in [3.05, 3.63) is 23.5 Å². The van der Waals surface area contributed by atoms with Crippen molar-refractivity contribution < 1.29 is 0 Å². The van der Waals surface area contributed by atoms with Crippen molar-refractivity contribution in [3.8, 4) is 0 Å². The number of hydrogen-bond acceptors (Lipinski definition) is 3. The molecule has 1 rings (SSSR count). The van der Waals surface area contributed by atoms with Gasteiger partial charge in [-0.3, -0.25) is 4.98 Å². The Hall–Kier alpha value is -0.800. The molecule has 0 aromatic carbocycles. The molecular weight excluding hydrogens is 186 g/mol. The summed E-state index contributed by atoms with van der Waals surface area (Å²) in [5.74, 6) is 0. The minimum atomic E-state index is 0.662. The lowest BCUT2D eigenvalue weighted by molar-refractivity contribution is 0.425. The highest BCUT2D eigenvalue weighted by Crippen LogP contribution is 2.11. The molecule has 0 fully saturated rings. The minimum Gasteiger partial charge on any atom is -0.382 e. The van der Waals surface area contributed by atoms with Crippen LogP contribution in [0.3, 0.4) is 0 Å². The van der Waals surface area contributed by atoms with Crippen molar-refractivity contribution in [2.45, 2.75) is 0 Å². The number of rotatable bonds is 4. The van der Waals surface area contributed by atoms with Crippen molar-refractivity contribution in [2.75, 3.05) is 32.5 Å². The molecule has 0 spiro atoms. The van der Waals surface area contributed by atoms with Crippen LogP contribution in [0.25, 0.3) is 0 Å². The number of nitrogens with zero attached hydrogens (tertiary/aromatic N) is 2. The SMILES string of the molecule is CN(C)CCNc1cncc(Cl)c1. The first-order valence-corrected chi connectivity index (χ1v) is 4.55. The zero-order valence-electron chi connectivity index (χ0n) is 7.92. The zero-order chi connectivity index (χ0) is 9.68. The van der Waals surface area contributed by atoms with Crippen molar-refractivity contribution in [3.63, 3.8) is 0 Å². The quantitative estimate of drug-likeness (QED) is 0.801. The van der Waals surface area contributed by atoms with E-state index >= 15 is 0 Å². The van der Waals surface area contributed by atoms with Gasteiger partial charge in [0.1, 0.15) is 0 Å². The van der Waals surface area contributed by atoms with Gasteiger partial charge in [0.05, 0.1) is 16.9 Å². The molecule has 4 heteroatoms. The highest BCUT2D eigenvalue weighted by molar-refractivity contribution is 6.30. The monoisotopic (exact) mass is 199 g/mol. The molecule has 1 heterocycles. The number of aromatic nitrogens is 1. The summed E-state index contributed by atoms with van der Waals surface area (Å²) in [6, 6.07) is 1.87. The van der Waals surface area contributed by atoms with Gasteiger partial charge in [0.2, 0.25) is 0 Å². The summed E-state index contributed by atoms with van der Waals surface area (Å²) in [5, 5.41) is 3.89. The van der Waals surface area contributed by atoms with Gasteiger partial charge in [-0.25, -0.2) is 0 Å². The number of nitrogens with one attached hydrogen (secondary N) is 1. The second kappa shape index (κ2) is 5.04. The summed E-state index contributed by atoms with van der Waals surface area (Å²) in [4.78, 5) is 6.09. The van der Waals surface area contributed by atoms with Gasteiger partial charge in [0.15, 0.2) is 0 Å². The van der Waals surface area contributed by atoms with E-state index in [1.54, 1.807) is 12.4 Å². The maximum absolute atomic E-state index is 5.77. The van der Waals surface area contributed by atoms with Crippen LogP contribution in [0.2, 0.25) is 5.02 Å². The molecule has 72 valence electrons. The Kier molecular flexibility index (Phi) is 3.99. The van der Waals surface area contributed by atoms with Crippen molar-refractivity contribution >= 4 is 17.3 Å². The molecule has 0 aliphatic heterocycles. The Morgan fingerprint density at radius 1 is 1.46 bits per heavy atom. The van der Waals surface area contributed by atoms with Crippen LogP contribution in [0, 0.1) is 0 Å². The minimum absolute atomic E-state index is 0.662. The molecule has 0 aliphatic rings. The van der Waals surface area contributed by atoms with E-state index in [9.17, 15) is 0 Å². The first-order valence-electron chi connectivity index (χ1n) is 4.17. The predicted molar refractivity (Wildman–Crippen MR) is 56.3 cm³/mol. The number of hydrogen-bond donors (Lipinski definition) is 1. The van der Waals surface area contributed by atoms with Gasteiger partial charge in [0, 0.05) is 19.3 Å². The summed E-state index contributed by atoms with van der Waals surface area (Å²) < 4.78 is 0. The van der Waals surface area contributed by atoms with Crippen molar-refractivity contribution in [2.24, 2.45) is 0 Å². The van der Waals surface area contributed by atoms with Gasteiger partial charge in [-0.2, -0.15) is 0 Å². The second-order valence-electron chi connectivity index (χ2n) is 3.12. The Bertz CT molecular complexity index is 263. The van der Waals surface area contributed by atoms with Gasteiger partial charge in [-0.1, -0.05) is 11.6 Å². The molecule has 0 aliphatic carbocycles. The van der Waals surface area contributed by atoms with Gasteiger partial charge in [-0.05, 0) is 20.2 Å². The number of pyridine rings is 1. The summed E-state index contributed by atoms with van der Waals surface area (Å²) in [7, 11) is 4.08. The topological polar surface area (TPSA) is 28.2 Å². The first kappa shape index (κ1) is 10.3. The lowest BCUT2D eigenvalue weighted by Crippen LogP contribution is -2.20. The molecule has 0 amide bonds. The van der Waals surface area contributed by atoms with Crippen molar-refractivity contribution in [1.29, 1.82) is 0 Å². The third-order valence-electron chi connectivity index (χ3n) is 1.59. The van der Waals surface area contributed by atoms with Crippen LogP contribution in [0.5, 0.6) is 0 Å². The summed E-state index contributed by atoms with van der Waals surface area (Å²) in [6.07, 6.45) is 3.39. The fraction of sp³-hybridized carbons (Fsp3) is 0.444. The maximum Gasteiger partial charge on any atom is 0.0609 e. The van der Waals surface area contributed by atoms with Crippen LogP contribution in [0.4, 0.5) is 5.69 Å². The van der Waals surface area contributed by atoms with E-state index in [1.807, 2.05) is 20.2 Å². The molecule has 0 atom stereocenters. The zero-order valence-corrected chi connectivity index (χ0v) is 8.67. The molecule has 0 radical (unpaired) electrons. The smallest absolute Gasteiger partial charge is 0.0609 e. The summed E-state index contributed by atoms with van der Waals surface area (Å²) >= 11 is 5.77. The third kappa shape index (κ3) is 4.10. The van der Waals surface area contributed by atoms with Gasteiger partial charge in [-0.15, -0.1) is 0 Å². The number of likely N-dealkylation sites (N-methyl/N-ethyl adjacent to an activating group) is 1. The molecule has 1 aromatic heterocycles. The largest absolute Gasteiger partial charge is 0.382 e. The highest BCUT2D eigenvalue weighted by atomic mass is 35.5. The summed E-state index contributed by atoms with van der Waals surface area (Å²) in [5.41, 5.74) is 0.967. The van der Waals surface area contributed by atoms with Gasteiger partial charge < -0.3 is 10.2 Å².